The summed E-state index contributed by atoms with van der Waals surface area (Å²) in [5, 5.41) is 15.2. The smallest absolute Gasteiger partial charge is 0.147 e. The molecule has 0 radical (unpaired) electrons. The van der Waals surface area contributed by atoms with Crippen molar-refractivity contribution in [2.75, 3.05) is 5.32 Å². The van der Waals surface area contributed by atoms with Gasteiger partial charge >= 0.3 is 0 Å². The summed E-state index contributed by atoms with van der Waals surface area (Å²) in [7, 11) is 0. The van der Waals surface area contributed by atoms with Gasteiger partial charge in [-0.05, 0) is 30.5 Å². The molecule has 0 aliphatic heterocycles. The third-order valence-electron chi connectivity index (χ3n) is 3.98. The summed E-state index contributed by atoms with van der Waals surface area (Å²) in [6.45, 7) is 4.38. The zero-order chi connectivity index (χ0) is 16.2. The van der Waals surface area contributed by atoms with Crippen molar-refractivity contribution in [1.82, 2.24) is 4.98 Å². The van der Waals surface area contributed by atoms with Crippen molar-refractivity contribution in [2.45, 2.75) is 26.3 Å². The minimum atomic E-state index is 0.0452. The number of rotatable bonds is 5. The molecule has 0 fully saturated rings. The maximum atomic E-state index is 10.7. The Hall–Kier alpha value is -2.55. The largest absolute Gasteiger partial charge is 0.505 e. The topological polar surface area (TPSA) is 45.2 Å². The van der Waals surface area contributed by atoms with E-state index in [0.717, 1.165) is 23.1 Å². The summed E-state index contributed by atoms with van der Waals surface area (Å²) in [5.74, 6) is 0.784. The summed E-state index contributed by atoms with van der Waals surface area (Å²) < 4.78 is 0. The number of hydrogen-bond donors (Lipinski definition) is 2. The Morgan fingerprint density at radius 1 is 1.00 bits per heavy atom. The summed E-state index contributed by atoms with van der Waals surface area (Å²) in [5.41, 5.74) is 2.61. The van der Waals surface area contributed by atoms with Gasteiger partial charge in [-0.2, -0.15) is 0 Å². The van der Waals surface area contributed by atoms with Crippen LogP contribution in [0.1, 0.15) is 31.9 Å². The molecule has 3 rings (SSSR count). The number of phenolic OH excluding ortho intramolecular Hbond substituents is 1. The Morgan fingerprint density at radius 2 is 1.78 bits per heavy atom. The van der Waals surface area contributed by atoms with Crippen LogP contribution in [0.25, 0.3) is 10.9 Å². The molecule has 0 aliphatic rings. The number of anilines is 1. The molecular formula is C20H22N2O. The molecule has 3 aromatic rings. The molecule has 1 atom stereocenters. The minimum absolute atomic E-state index is 0.0452. The van der Waals surface area contributed by atoms with Crippen LogP contribution >= 0.6 is 0 Å². The van der Waals surface area contributed by atoms with E-state index < -0.39 is 0 Å². The number of aromatic hydroxyl groups is 1. The number of fused-ring (bicyclic) bond motifs is 1. The Morgan fingerprint density at radius 3 is 2.52 bits per heavy atom. The SMILES string of the molecule is CC(C)CC(Nc1ccccc1)c1ccc2cccnc2c1O. The van der Waals surface area contributed by atoms with E-state index in [0.29, 0.717) is 11.4 Å². The number of para-hydroxylation sites is 1. The van der Waals surface area contributed by atoms with Crippen molar-refractivity contribution in [3.63, 3.8) is 0 Å². The second kappa shape index (κ2) is 6.69. The van der Waals surface area contributed by atoms with Gasteiger partial charge < -0.3 is 10.4 Å². The van der Waals surface area contributed by atoms with Crippen molar-refractivity contribution in [3.05, 3.63) is 66.4 Å². The first kappa shape index (κ1) is 15.3. The van der Waals surface area contributed by atoms with Gasteiger partial charge in [-0.15, -0.1) is 0 Å². The van der Waals surface area contributed by atoms with Crippen molar-refractivity contribution >= 4 is 16.6 Å². The van der Waals surface area contributed by atoms with Crippen LogP contribution in [0, 0.1) is 5.92 Å². The van der Waals surface area contributed by atoms with Crippen LogP contribution in [0.4, 0.5) is 5.69 Å². The first-order valence-corrected chi connectivity index (χ1v) is 8.03. The number of benzene rings is 2. The fourth-order valence-corrected chi connectivity index (χ4v) is 2.90. The molecule has 0 spiro atoms. The van der Waals surface area contributed by atoms with E-state index in [1.54, 1.807) is 6.20 Å². The van der Waals surface area contributed by atoms with Crippen LogP contribution in [0.2, 0.25) is 0 Å². The minimum Gasteiger partial charge on any atom is -0.505 e. The molecule has 0 aliphatic carbocycles. The van der Waals surface area contributed by atoms with Crippen LogP contribution in [0.15, 0.2) is 60.8 Å². The summed E-state index contributed by atoms with van der Waals surface area (Å²) in [4.78, 5) is 4.33. The lowest BCUT2D eigenvalue weighted by Gasteiger charge is -2.23. The molecule has 0 saturated carbocycles. The Balaban J connectivity index is 2.00. The number of hydrogen-bond acceptors (Lipinski definition) is 3. The number of nitrogens with one attached hydrogen (secondary N) is 1. The van der Waals surface area contributed by atoms with Gasteiger partial charge in [0.1, 0.15) is 11.3 Å². The predicted octanol–water partition coefficient (Wildman–Crippen LogP) is 5.14. The normalized spacial score (nSPS) is 12.5. The maximum Gasteiger partial charge on any atom is 0.147 e. The zero-order valence-electron chi connectivity index (χ0n) is 13.5. The van der Waals surface area contributed by atoms with E-state index in [-0.39, 0.29) is 11.8 Å². The van der Waals surface area contributed by atoms with E-state index in [2.05, 4.69) is 24.1 Å². The second-order valence-corrected chi connectivity index (χ2v) is 6.27. The average Bonchev–Trinajstić information content (AvgIpc) is 2.55. The van der Waals surface area contributed by atoms with Crippen LogP contribution in [0.3, 0.4) is 0 Å². The van der Waals surface area contributed by atoms with Gasteiger partial charge in [0.2, 0.25) is 0 Å². The fraction of sp³-hybridized carbons (Fsp3) is 0.250. The van der Waals surface area contributed by atoms with Crippen LogP contribution in [0.5, 0.6) is 5.75 Å². The maximum absolute atomic E-state index is 10.7. The van der Waals surface area contributed by atoms with E-state index in [9.17, 15) is 5.11 Å². The number of pyridine rings is 1. The Labute approximate surface area is 137 Å². The van der Waals surface area contributed by atoms with E-state index in [1.165, 1.54) is 0 Å². The lowest BCUT2D eigenvalue weighted by Crippen LogP contribution is -2.13. The molecule has 0 amide bonds. The van der Waals surface area contributed by atoms with Gasteiger partial charge in [0.25, 0.3) is 0 Å². The van der Waals surface area contributed by atoms with Gasteiger partial charge in [0, 0.05) is 22.8 Å². The quantitative estimate of drug-likeness (QED) is 0.686. The van der Waals surface area contributed by atoms with Gasteiger partial charge in [-0.3, -0.25) is 4.98 Å². The lowest BCUT2D eigenvalue weighted by molar-refractivity contribution is 0.456. The molecule has 0 saturated heterocycles. The summed E-state index contributed by atoms with van der Waals surface area (Å²) >= 11 is 0. The second-order valence-electron chi connectivity index (χ2n) is 6.27. The number of phenols is 1. The fourth-order valence-electron chi connectivity index (χ4n) is 2.90. The first-order chi connectivity index (χ1) is 11.1. The van der Waals surface area contributed by atoms with E-state index >= 15 is 0 Å². The third-order valence-corrected chi connectivity index (χ3v) is 3.98. The van der Waals surface area contributed by atoms with Crippen molar-refractivity contribution in [2.24, 2.45) is 5.92 Å². The molecule has 1 unspecified atom stereocenters. The molecule has 1 heterocycles. The monoisotopic (exact) mass is 306 g/mol. The molecule has 0 bridgehead atoms. The molecule has 23 heavy (non-hydrogen) atoms. The van der Waals surface area contributed by atoms with Gasteiger partial charge in [0.15, 0.2) is 0 Å². The van der Waals surface area contributed by atoms with Crippen molar-refractivity contribution in [1.29, 1.82) is 0 Å². The first-order valence-electron chi connectivity index (χ1n) is 8.03. The van der Waals surface area contributed by atoms with Crippen molar-refractivity contribution in [3.8, 4) is 5.75 Å². The van der Waals surface area contributed by atoms with Crippen LogP contribution in [-0.2, 0) is 0 Å². The van der Waals surface area contributed by atoms with Crippen LogP contribution in [-0.4, -0.2) is 10.1 Å². The third kappa shape index (κ3) is 3.45. The van der Waals surface area contributed by atoms with Crippen LogP contribution < -0.4 is 5.32 Å². The Kier molecular flexibility index (Phi) is 4.47. The average molecular weight is 306 g/mol. The lowest BCUT2D eigenvalue weighted by atomic mass is 9.95. The van der Waals surface area contributed by atoms with Gasteiger partial charge in [-0.25, -0.2) is 0 Å². The van der Waals surface area contributed by atoms with Gasteiger partial charge in [-0.1, -0.05) is 50.2 Å². The highest BCUT2D eigenvalue weighted by Gasteiger charge is 2.19. The zero-order valence-corrected chi connectivity index (χ0v) is 13.5. The highest BCUT2D eigenvalue weighted by Crippen LogP contribution is 2.35. The molecule has 118 valence electrons. The molecule has 2 aromatic carbocycles. The standard InChI is InChI=1S/C20H22N2O/c1-14(2)13-18(22-16-8-4-3-5-9-16)17-11-10-15-7-6-12-21-19(15)20(17)23/h3-12,14,18,22-23H,13H2,1-2H3. The molecule has 1 aromatic heterocycles. The molecule has 3 nitrogen and oxygen atoms in total. The predicted molar refractivity (Wildman–Crippen MR) is 95.7 cm³/mol. The highest BCUT2D eigenvalue weighted by molar-refractivity contribution is 5.85. The molecular weight excluding hydrogens is 284 g/mol. The molecule has 3 heteroatoms. The van der Waals surface area contributed by atoms with E-state index in [4.69, 9.17) is 0 Å². The summed E-state index contributed by atoms with van der Waals surface area (Å²) in [6, 6.07) is 18.0. The van der Waals surface area contributed by atoms with E-state index in [1.807, 2.05) is 54.6 Å². The van der Waals surface area contributed by atoms with Gasteiger partial charge in [0.05, 0.1) is 6.04 Å². The highest BCUT2D eigenvalue weighted by atomic mass is 16.3. The molecule has 2 N–H and O–H groups in total. The summed E-state index contributed by atoms with van der Waals surface area (Å²) in [6.07, 6.45) is 2.65. The number of nitrogens with zero attached hydrogens (tertiary/aromatic N) is 1. The number of aromatic nitrogens is 1. The van der Waals surface area contributed by atoms with Crippen molar-refractivity contribution < 1.29 is 5.11 Å². The Bertz CT molecular complexity index is 784.